The molecule has 0 atom stereocenters. The predicted octanol–water partition coefficient (Wildman–Crippen LogP) is 18.7. The molecule has 10 aromatic rings. The molecule has 0 bridgehead atoms. The molecule has 0 amide bonds. The van der Waals surface area contributed by atoms with Crippen molar-refractivity contribution < 1.29 is 0 Å². The molecule has 10 aromatic carbocycles. The number of nitrogens with zero attached hydrogens (tertiary/aromatic N) is 1. The molecule has 0 N–H and O–H groups in total. The van der Waals surface area contributed by atoms with Gasteiger partial charge >= 0.3 is 0 Å². The standard InChI is InChI=1S/C69H55N/c1-67(2)60-25-17-16-24-55(60)56-36-30-49(40-61(56)67)46-28-33-51(34-29-46)70(50-31-26-45(27-32-50)44-18-10-7-11-19-44)52-35-37-57-58-42-64-59(43-63(58)68(3,4)62(57)41-52)65-53(47-20-12-8-13-21-47)38-39-54(66(65)69(64,5)6)48-22-14-9-15-23-48/h7-43H,1-6H3. The summed E-state index contributed by atoms with van der Waals surface area (Å²) >= 11 is 0. The van der Waals surface area contributed by atoms with Gasteiger partial charge in [0.2, 0.25) is 0 Å². The summed E-state index contributed by atoms with van der Waals surface area (Å²) in [6.07, 6.45) is 0. The van der Waals surface area contributed by atoms with Crippen LogP contribution in [0.2, 0.25) is 0 Å². The Labute approximate surface area is 413 Å². The van der Waals surface area contributed by atoms with Crippen molar-refractivity contribution in [2.45, 2.75) is 57.8 Å². The average Bonchev–Trinajstić information content (AvgIpc) is 3.88. The molecule has 3 aliphatic rings. The van der Waals surface area contributed by atoms with Gasteiger partial charge < -0.3 is 4.90 Å². The smallest absolute Gasteiger partial charge is 0.0465 e. The van der Waals surface area contributed by atoms with Gasteiger partial charge in [-0.25, -0.2) is 0 Å². The molecule has 0 spiro atoms. The highest BCUT2D eigenvalue weighted by Gasteiger charge is 2.44. The van der Waals surface area contributed by atoms with Gasteiger partial charge in [0.1, 0.15) is 0 Å². The molecule has 0 heterocycles. The fourth-order valence-corrected chi connectivity index (χ4v) is 12.6. The first-order valence-electron chi connectivity index (χ1n) is 24.9. The fraction of sp³-hybridized carbons (Fsp3) is 0.130. The Morgan fingerprint density at radius 1 is 0.243 bits per heavy atom. The lowest BCUT2D eigenvalue weighted by atomic mass is 9.77. The highest BCUT2D eigenvalue weighted by molar-refractivity contribution is 6.00. The van der Waals surface area contributed by atoms with Gasteiger partial charge in [0.15, 0.2) is 0 Å². The van der Waals surface area contributed by atoms with Crippen molar-refractivity contribution in [2.24, 2.45) is 0 Å². The summed E-state index contributed by atoms with van der Waals surface area (Å²) in [7, 11) is 0. The SMILES string of the molecule is CC1(C)c2ccccc2-c2ccc(-c3ccc(N(c4ccc(-c5ccccc5)cc4)c4ccc5c(c4)C(C)(C)c4cc6c(cc4-5)C(C)(C)c4c(-c5ccccc5)ccc(-c5ccccc5)c4-6)cc3)cc21. The molecular weight excluding hydrogens is 843 g/mol. The summed E-state index contributed by atoms with van der Waals surface area (Å²) in [5, 5.41) is 0. The number of benzene rings is 10. The third-order valence-corrected chi connectivity index (χ3v) is 16.3. The molecule has 0 radical (unpaired) electrons. The van der Waals surface area contributed by atoms with E-state index in [-0.39, 0.29) is 16.2 Å². The minimum atomic E-state index is -0.250. The number of hydrogen-bond donors (Lipinski definition) is 0. The van der Waals surface area contributed by atoms with Crippen LogP contribution in [0.3, 0.4) is 0 Å². The largest absolute Gasteiger partial charge is 0.310 e. The summed E-state index contributed by atoms with van der Waals surface area (Å²) in [6, 6.07) is 83.9. The van der Waals surface area contributed by atoms with Crippen LogP contribution < -0.4 is 4.90 Å². The van der Waals surface area contributed by atoms with E-state index >= 15 is 0 Å². The van der Waals surface area contributed by atoms with E-state index in [0.717, 1.165) is 17.1 Å². The first-order chi connectivity index (χ1) is 34.0. The van der Waals surface area contributed by atoms with Crippen molar-refractivity contribution in [1.29, 1.82) is 0 Å². The van der Waals surface area contributed by atoms with Crippen LogP contribution in [0.25, 0.3) is 77.9 Å². The molecule has 70 heavy (non-hydrogen) atoms. The zero-order valence-electron chi connectivity index (χ0n) is 40.8. The van der Waals surface area contributed by atoms with E-state index in [1.807, 2.05) is 0 Å². The zero-order valence-corrected chi connectivity index (χ0v) is 40.8. The lowest BCUT2D eigenvalue weighted by Crippen LogP contribution is -2.18. The number of hydrogen-bond acceptors (Lipinski definition) is 1. The third kappa shape index (κ3) is 6.31. The van der Waals surface area contributed by atoms with Crippen LogP contribution in [-0.2, 0) is 16.2 Å². The van der Waals surface area contributed by atoms with Gasteiger partial charge in [-0.3, -0.25) is 0 Å². The van der Waals surface area contributed by atoms with Gasteiger partial charge in [0, 0.05) is 33.3 Å². The van der Waals surface area contributed by atoms with E-state index < -0.39 is 0 Å². The molecular formula is C69H55N. The first kappa shape index (κ1) is 42.1. The number of anilines is 3. The second-order valence-corrected chi connectivity index (χ2v) is 21.3. The second kappa shape index (κ2) is 15.5. The van der Waals surface area contributed by atoms with Crippen LogP contribution in [0.1, 0.15) is 74.9 Å². The van der Waals surface area contributed by atoms with E-state index in [1.54, 1.807) is 0 Å². The monoisotopic (exact) mass is 897 g/mol. The minimum Gasteiger partial charge on any atom is -0.310 e. The van der Waals surface area contributed by atoms with Crippen molar-refractivity contribution in [1.82, 2.24) is 0 Å². The molecule has 0 unspecified atom stereocenters. The van der Waals surface area contributed by atoms with Crippen LogP contribution in [0, 0.1) is 0 Å². The Bertz CT molecular complexity index is 3690. The summed E-state index contributed by atoms with van der Waals surface area (Å²) in [5.74, 6) is 0. The van der Waals surface area contributed by atoms with Gasteiger partial charge in [-0.05, 0) is 166 Å². The number of rotatable bonds is 7. The van der Waals surface area contributed by atoms with Gasteiger partial charge in [-0.15, -0.1) is 0 Å². The molecule has 1 nitrogen and oxygen atoms in total. The minimum absolute atomic E-state index is 0.0522. The Balaban J connectivity index is 0.921. The maximum absolute atomic E-state index is 2.57. The van der Waals surface area contributed by atoms with Crippen LogP contribution in [-0.4, -0.2) is 0 Å². The van der Waals surface area contributed by atoms with Crippen LogP contribution in [0.4, 0.5) is 17.1 Å². The van der Waals surface area contributed by atoms with Crippen molar-refractivity contribution >= 4 is 17.1 Å². The molecule has 0 saturated heterocycles. The van der Waals surface area contributed by atoms with Crippen LogP contribution >= 0.6 is 0 Å². The maximum atomic E-state index is 2.57. The predicted molar refractivity (Wildman–Crippen MR) is 296 cm³/mol. The van der Waals surface area contributed by atoms with Gasteiger partial charge in [0.05, 0.1) is 0 Å². The average molecular weight is 898 g/mol. The fourth-order valence-electron chi connectivity index (χ4n) is 12.6. The maximum Gasteiger partial charge on any atom is 0.0465 e. The van der Waals surface area contributed by atoms with E-state index in [9.17, 15) is 0 Å². The van der Waals surface area contributed by atoms with Gasteiger partial charge in [-0.1, -0.05) is 211 Å². The van der Waals surface area contributed by atoms with Gasteiger partial charge in [0.25, 0.3) is 0 Å². The summed E-state index contributed by atoms with van der Waals surface area (Å²) in [4.78, 5) is 2.44. The Morgan fingerprint density at radius 3 is 1.30 bits per heavy atom. The van der Waals surface area contributed by atoms with Crippen LogP contribution in [0.5, 0.6) is 0 Å². The van der Waals surface area contributed by atoms with Crippen molar-refractivity contribution in [3.05, 3.63) is 258 Å². The van der Waals surface area contributed by atoms with E-state index in [2.05, 4.69) is 271 Å². The lowest BCUT2D eigenvalue weighted by Gasteiger charge is -2.28. The Morgan fingerprint density at radius 2 is 0.643 bits per heavy atom. The molecule has 336 valence electrons. The molecule has 13 rings (SSSR count). The van der Waals surface area contributed by atoms with Crippen LogP contribution in [0.15, 0.2) is 224 Å². The Kier molecular flexibility index (Phi) is 9.33. The lowest BCUT2D eigenvalue weighted by molar-refractivity contribution is 0.653. The van der Waals surface area contributed by atoms with E-state index in [4.69, 9.17) is 0 Å². The van der Waals surface area contributed by atoms with Crippen molar-refractivity contribution in [2.75, 3.05) is 4.90 Å². The Hall–Kier alpha value is -8.00. The van der Waals surface area contributed by atoms with Crippen molar-refractivity contribution in [3.63, 3.8) is 0 Å². The molecule has 0 aliphatic heterocycles. The number of fused-ring (bicyclic) bond motifs is 9. The first-order valence-corrected chi connectivity index (χ1v) is 24.9. The normalized spacial score (nSPS) is 14.8. The molecule has 1 heteroatoms. The molecule has 0 fully saturated rings. The summed E-state index contributed by atoms with van der Waals surface area (Å²) < 4.78 is 0. The zero-order chi connectivity index (χ0) is 47.5. The second-order valence-electron chi connectivity index (χ2n) is 21.3. The highest BCUT2D eigenvalue weighted by Crippen LogP contribution is 2.60. The van der Waals surface area contributed by atoms with Gasteiger partial charge in [-0.2, -0.15) is 0 Å². The van der Waals surface area contributed by atoms with E-state index in [1.165, 1.54) is 111 Å². The van der Waals surface area contributed by atoms with E-state index in [0.29, 0.717) is 0 Å². The molecule has 3 aliphatic carbocycles. The highest BCUT2D eigenvalue weighted by atomic mass is 15.1. The summed E-state index contributed by atoms with van der Waals surface area (Å²) in [5.41, 5.74) is 29.3. The quantitative estimate of drug-likeness (QED) is 0.154. The van der Waals surface area contributed by atoms with Crippen molar-refractivity contribution in [3.8, 4) is 77.9 Å². The molecule has 0 saturated carbocycles. The molecule has 0 aromatic heterocycles. The summed E-state index contributed by atoms with van der Waals surface area (Å²) in [6.45, 7) is 14.4. The topological polar surface area (TPSA) is 3.24 Å². The third-order valence-electron chi connectivity index (χ3n) is 16.3.